The van der Waals surface area contributed by atoms with E-state index in [-0.39, 0.29) is 12.2 Å². The Morgan fingerprint density at radius 3 is 2.61 bits per heavy atom. The number of ether oxygens (including phenoxy) is 5. The number of rotatable bonds is 7. The molecule has 2 aliphatic heterocycles. The quantitative estimate of drug-likeness (QED) is 0.610. The Bertz CT molecular complexity index is 1040. The second-order valence-corrected chi connectivity index (χ2v) is 7.76. The van der Waals surface area contributed by atoms with Crippen molar-refractivity contribution in [2.45, 2.75) is 18.9 Å². The van der Waals surface area contributed by atoms with Crippen molar-refractivity contribution in [3.63, 3.8) is 0 Å². The van der Waals surface area contributed by atoms with Gasteiger partial charge in [0.05, 0.1) is 46.3 Å². The first-order valence-electron chi connectivity index (χ1n) is 10.7. The fraction of sp³-hybridized carbons (Fsp3) is 0.478. The van der Waals surface area contributed by atoms with Crippen molar-refractivity contribution in [1.29, 1.82) is 0 Å². The van der Waals surface area contributed by atoms with Gasteiger partial charge < -0.3 is 33.2 Å². The zero-order valence-corrected chi connectivity index (χ0v) is 18.6. The second kappa shape index (κ2) is 10.1. The number of nitrogens with zero attached hydrogens (tertiary/aromatic N) is 1. The van der Waals surface area contributed by atoms with Gasteiger partial charge in [0, 0.05) is 19.2 Å². The van der Waals surface area contributed by atoms with Gasteiger partial charge in [-0.25, -0.2) is 0 Å². The number of hydrogen-bond acceptors (Lipinski definition) is 10. The average molecular weight is 461 g/mol. The first kappa shape index (κ1) is 22.9. The van der Waals surface area contributed by atoms with Gasteiger partial charge in [0.15, 0.2) is 17.3 Å². The van der Waals surface area contributed by atoms with Crippen LogP contribution in [0.2, 0.25) is 0 Å². The zero-order valence-electron chi connectivity index (χ0n) is 18.6. The van der Waals surface area contributed by atoms with Gasteiger partial charge in [0.2, 0.25) is 16.9 Å². The van der Waals surface area contributed by atoms with Gasteiger partial charge in [-0.15, -0.1) is 0 Å². The van der Waals surface area contributed by atoms with E-state index in [1.54, 1.807) is 12.1 Å². The molecular formula is C23H27NO9. The van der Waals surface area contributed by atoms with Crippen LogP contribution in [0.15, 0.2) is 27.4 Å². The van der Waals surface area contributed by atoms with Crippen LogP contribution < -0.4 is 19.6 Å². The molecule has 1 atom stereocenters. The van der Waals surface area contributed by atoms with Crippen molar-refractivity contribution in [3.05, 3.63) is 45.5 Å². The van der Waals surface area contributed by atoms with Crippen LogP contribution in [0.25, 0.3) is 0 Å². The minimum Gasteiger partial charge on any atom is -0.502 e. The van der Waals surface area contributed by atoms with Gasteiger partial charge in [0.1, 0.15) is 19.0 Å². The highest BCUT2D eigenvalue weighted by Crippen LogP contribution is 2.44. The van der Waals surface area contributed by atoms with Crippen molar-refractivity contribution in [1.82, 2.24) is 4.90 Å². The summed E-state index contributed by atoms with van der Waals surface area (Å²) in [5, 5.41) is 10.6. The Labute approximate surface area is 190 Å². The molecule has 1 fully saturated rings. The fourth-order valence-corrected chi connectivity index (χ4v) is 3.96. The van der Waals surface area contributed by atoms with E-state index >= 15 is 0 Å². The summed E-state index contributed by atoms with van der Waals surface area (Å²) in [7, 11) is 2.77. The molecule has 1 saturated heterocycles. The van der Waals surface area contributed by atoms with E-state index in [0.29, 0.717) is 74.6 Å². The Hall–Kier alpha value is -3.24. The van der Waals surface area contributed by atoms with E-state index in [9.17, 15) is 14.7 Å². The molecular weight excluding hydrogens is 434 g/mol. The van der Waals surface area contributed by atoms with Gasteiger partial charge >= 0.3 is 5.97 Å². The zero-order chi connectivity index (χ0) is 23.4. The number of fused-ring (bicyclic) bond motifs is 1. The van der Waals surface area contributed by atoms with Gasteiger partial charge in [-0.1, -0.05) is 0 Å². The third kappa shape index (κ3) is 5.07. The van der Waals surface area contributed by atoms with E-state index in [1.165, 1.54) is 20.3 Å². The normalized spacial score (nSPS) is 16.8. The van der Waals surface area contributed by atoms with Crippen molar-refractivity contribution in [2.75, 3.05) is 53.7 Å². The average Bonchev–Trinajstić information content (AvgIpc) is 2.84. The first-order chi connectivity index (χ1) is 16.0. The van der Waals surface area contributed by atoms with Gasteiger partial charge in [-0.3, -0.25) is 14.5 Å². The number of benzene rings is 1. The summed E-state index contributed by atoms with van der Waals surface area (Å²) in [6.07, 6.45) is -0.170. The molecule has 0 bridgehead atoms. The predicted octanol–water partition coefficient (Wildman–Crippen LogP) is 1.65. The Morgan fingerprint density at radius 2 is 1.88 bits per heavy atom. The van der Waals surface area contributed by atoms with E-state index < -0.39 is 23.1 Å². The lowest BCUT2D eigenvalue weighted by atomic mass is 9.91. The summed E-state index contributed by atoms with van der Waals surface area (Å²) < 4.78 is 33.1. The fourth-order valence-electron chi connectivity index (χ4n) is 3.96. The summed E-state index contributed by atoms with van der Waals surface area (Å²) >= 11 is 0. The highest BCUT2D eigenvalue weighted by Gasteiger charge is 2.30. The lowest BCUT2D eigenvalue weighted by Gasteiger charge is -2.26. The van der Waals surface area contributed by atoms with Gasteiger partial charge in [-0.05, 0) is 17.7 Å². The van der Waals surface area contributed by atoms with Crippen molar-refractivity contribution in [2.24, 2.45) is 0 Å². The van der Waals surface area contributed by atoms with Crippen LogP contribution in [0.1, 0.15) is 29.4 Å². The molecule has 3 heterocycles. The SMILES string of the molecule is COC(=O)C[C@H](c1cc(OC)c2c(c1)OCCO2)c1oc(CN2CCOCC2)cc(=O)c1O. The molecule has 2 aliphatic rings. The molecule has 1 aromatic carbocycles. The summed E-state index contributed by atoms with van der Waals surface area (Å²) in [5.74, 6) is -0.238. The topological polar surface area (TPSA) is 117 Å². The van der Waals surface area contributed by atoms with Crippen LogP contribution >= 0.6 is 0 Å². The molecule has 0 spiro atoms. The van der Waals surface area contributed by atoms with Crippen LogP contribution in [0.5, 0.6) is 23.0 Å². The number of esters is 1. The van der Waals surface area contributed by atoms with E-state index in [0.717, 1.165) is 0 Å². The molecule has 0 radical (unpaired) electrons. The van der Waals surface area contributed by atoms with Crippen LogP contribution in [-0.4, -0.2) is 69.7 Å². The van der Waals surface area contributed by atoms with Crippen LogP contribution in [0.3, 0.4) is 0 Å². The third-order valence-corrected chi connectivity index (χ3v) is 5.65. The summed E-state index contributed by atoms with van der Waals surface area (Å²) in [6, 6.07) is 4.64. The number of methoxy groups -OCH3 is 2. The van der Waals surface area contributed by atoms with E-state index in [1.807, 2.05) is 0 Å². The molecule has 1 N–H and O–H groups in total. The van der Waals surface area contributed by atoms with Gasteiger partial charge in [-0.2, -0.15) is 0 Å². The maximum absolute atomic E-state index is 12.6. The standard InChI is InChI=1S/C23H27NO9/c1-28-18-9-14(10-19-23(18)32-8-7-31-19)16(12-20(26)29-2)22-21(27)17(25)11-15(33-22)13-24-3-5-30-6-4-24/h9-11,16,27H,3-8,12-13H2,1-2H3/t16-/m1/s1. The Morgan fingerprint density at radius 1 is 1.12 bits per heavy atom. The molecule has 0 saturated carbocycles. The number of hydrogen-bond donors (Lipinski definition) is 1. The summed E-state index contributed by atoms with van der Waals surface area (Å²) in [4.78, 5) is 27.0. The summed E-state index contributed by atoms with van der Waals surface area (Å²) in [6.45, 7) is 3.70. The summed E-state index contributed by atoms with van der Waals surface area (Å²) in [5.41, 5.74) is -0.0395. The molecule has 4 rings (SSSR count). The number of morpholine rings is 1. The highest BCUT2D eigenvalue weighted by atomic mass is 16.6. The van der Waals surface area contributed by atoms with E-state index in [2.05, 4.69) is 4.90 Å². The molecule has 10 heteroatoms. The van der Waals surface area contributed by atoms with Crippen molar-refractivity contribution < 1.29 is 38.0 Å². The molecule has 2 aromatic rings. The predicted molar refractivity (Wildman–Crippen MR) is 115 cm³/mol. The largest absolute Gasteiger partial charge is 0.502 e. The Balaban J connectivity index is 1.77. The molecule has 0 amide bonds. The number of carbonyl (C=O) groups is 1. The molecule has 1 aromatic heterocycles. The van der Waals surface area contributed by atoms with E-state index in [4.69, 9.17) is 28.1 Å². The monoisotopic (exact) mass is 461 g/mol. The molecule has 10 nitrogen and oxygen atoms in total. The number of carbonyl (C=O) groups excluding carboxylic acids is 1. The first-order valence-corrected chi connectivity index (χ1v) is 10.7. The molecule has 0 aliphatic carbocycles. The molecule has 0 unspecified atom stereocenters. The second-order valence-electron chi connectivity index (χ2n) is 7.76. The van der Waals surface area contributed by atoms with Crippen molar-refractivity contribution in [3.8, 4) is 23.0 Å². The minimum absolute atomic E-state index is 0.0186. The minimum atomic E-state index is -0.820. The maximum Gasteiger partial charge on any atom is 0.306 e. The van der Waals surface area contributed by atoms with Crippen molar-refractivity contribution >= 4 is 5.97 Å². The highest BCUT2D eigenvalue weighted by molar-refractivity contribution is 5.71. The maximum atomic E-state index is 12.6. The third-order valence-electron chi connectivity index (χ3n) is 5.65. The van der Waals surface area contributed by atoms with Crippen LogP contribution in [0.4, 0.5) is 0 Å². The van der Waals surface area contributed by atoms with Crippen LogP contribution in [0, 0.1) is 0 Å². The smallest absolute Gasteiger partial charge is 0.306 e. The Kier molecular flexibility index (Phi) is 7.05. The lowest BCUT2D eigenvalue weighted by molar-refractivity contribution is -0.140. The molecule has 178 valence electrons. The lowest BCUT2D eigenvalue weighted by Crippen LogP contribution is -2.35. The van der Waals surface area contributed by atoms with Crippen LogP contribution in [-0.2, 0) is 20.8 Å². The number of aromatic hydroxyl groups is 1. The molecule has 33 heavy (non-hydrogen) atoms. The van der Waals surface area contributed by atoms with Gasteiger partial charge in [0.25, 0.3) is 0 Å².